The predicted octanol–water partition coefficient (Wildman–Crippen LogP) is 3.77. The fraction of sp³-hybridized carbons (Fsp3) is 0.214. The summed E-state index contributed by atoms with van der Waals surface area (Å²) >= 11 is 0. The van der Waals surface area contributed by atoms with Gasteiger partial charge in [-0.15, -0.1) is 0 Å². The second-order valence-electron chi connectivity index (χ2n) is 4.12. The Morgan fingerprint density at radius 3 is 2.67 bits per heavy atom. The minimum absolute atomic E-state index is 0.138. The number of anilines is 1. The molecule has 0 bridgehead atoms. The molecule has 2 aromatic rings. The van der Waals surface area contributed by atoms with Crippen LogP contribution in [0.15, 0.2) is 34.7 Å². The highest BCUT2D eigenvalue weighted by atomic mass is 19.1. The fourth-order valence-electron chi connectivity index (χ4n) is 1.69. The lowest BCUT2D eigenvalue weighted by atomic mass is 10.2. The van der Waals surface area contributed by atoms with E-state index in [0.29, 0.717) is 11.3 Å². The minimum atomic E-state index is -0.441. The topological polar surface area (TPSA) is 49.0 Å². The van der Waals surface area contributed by atoms with Gasteiger partial charge in [-0.05, 0) is 44.2 Å². The Hall–Kier alpha value is -2.28. The monoisotopic (exact) mass is 244 g/mol. The molecule has 4 heteroatoms. The molecule has 0 aliphatic carbocycles. The molecule has 2 rings (SSSR count). The van der Waals surface area contributed by atoms with E-state index in [1.807, 2.05) is 32.0 Å². The Morgan fingerprint density at radius 2 is 2.11 bits per heavy atom. The molecule has 0 fully saturated rings. The molecule has 1 heterocycles. The normalized spacial score (nSPS) is 11.9. The van der Waals surface area contributed by atoms with Gasteiger partial charge >= 0.3 is 0 Å². The van der Waals surface area contributed by atoms with E-state index in [0.717, 1.165) is 11.5 Å². The average molecular weight is 244 g/mol. The standard InChI is InChI=1S/C14H13FN2O/c1-9-3-6-14(18-9)10(2)17-13-5-4-11(8-16)7-12(13)15/h3-7,10,17H,1-2H3. The minimum Gasteiger partial charge on any atom is -0.464 e. The zero-order chi connectivity index (χ0) is 13.1. The molecule has 0 amide bonds. The Morgan fingerprint density at radius 1 is 1.33 bits per heavy atom. The first-order valence-electron chi connectivity index (χ1n) is 5.62. The lowest BCUT2D eigenvalue weighted by Crippen LogP contribution is -2.07. The van der Waals surface area contributed by atoms with Gasteiger partial charge in [0.1, 0.15) is 17.3 Å². The van der Waals surface area contributed by atoms with E-state index in [2.05, 4.69) is 5.32 Å². The average Bonchev–Trinajstić information content (AvgIpc) is 2.78. The number of rotatable bonds is 3. The van der Waals surface area contributed by atoms with Crippen molar-refractivity contribution in [3.05, 3.63) is 53.2 Å². The Balaban J connectivity index is 2.17. The van der Waals surface area contributed by atoms with Gasteiger partial charge in [-0.25, -0.2) is 4.39 Å². The fourth-order valence-corrected chi connectivity index (χ4v) is 1.69. The van der Waals surface area contributed by atoms with Crippen molar-refractivity contribution in [1.29, 1.82) is 5.26 Å². The first-order chi connectivity index (χ1) is 8.60. The lowest BCUT2D eigenvalue weighted by Gasteiger charge is -2.13. The SMILES string of the molecule is Cc1ccc(C(C)Nc2ccc(C#N)cc2F)o1. The summed E-state index contributed by atoms with van der Waals surface area (Å²) in [5.41, 5.74) is 0.662. The molecule has 1 unspecified atom stereocenters. The van der Waals surface area contributed by atoms with Gasteiger partial charge in [-0.3, -0.25) is 0 Å². The van der Waals surface area contributed by atoms with Gasteiger partial charge in [0.05, 0.1) is 23.4 Å². The maximum Gasteiger partial charge on any atom is 0.147 e. The molecular formula is C14H13FN2O. The van der Waals surface area contributed by atoms with Gasteiger partial charge in [0.25, 0.3) is 0 Å². The number of halogens is 1. The van der Waals surface area contributed by atoms with E-state index < -0.39 is 5.82 Å². The van der Waals surface area contributed by atoms with Crippen molar-refractivity contribution in [1.82, 2.24) is 0 Å². The second kappa shape index (κ2) is 4.92. The Kier molecular flexibility index (Phi) is 3.33. The highest BCUT2D eigenvalue weighted by Gasteiger charge is 2.11. The summed E-state index contributed by atoms with van der Waals surface area (Å²) in [7, 11) is 0. The number of benzene rings is 1. The van der Waals surface area contributed by atoms with E-state index >= 15 is 0 Å². The smallest absolute Gasteiger partial charge is 0.147 e. The zero-order valence-corrected chi connectivity index (χ0v) is 10.2. The number of hydrogen-bond acceptors (Lipinski definition) is 3. The third-order valence-electron chi connectivity index (χ3n) is 2.66. The third kappa shape index (κ3) is 2.51. The van der Waals surface area contributed by atoms with Crippen LogP contribution in [0.2, 0.25) is 0 Å². The van der Waals surface area contributed by atoms with Gasteiger partial charge in [0.15, 0.2) is 0 Å². The summed E-state index contributed by atoms with van der Waals surface area (Å²) in [4.78, 5) is 0. The maximum atomic E-state index is 13.7. The molecule has 0 aliphatic heterocycles. The number of aryl methyl sites for hydroxylation is 1. The molecule has 0 spiro atoms. The van der Waals surface area contributed by atoms with Crippen LogP contribution in [-0.4, -0.2) is 0 Å². The van der Waals surface area contributed by atoms with Crippen LogP contribution in [0.3, 0.4) is 0 Å². The van der Waals surface area contributed by atoms with E-state index in [-0.39, 0.29) is 6.04 Å². The van der Waals surface area contributed by atoms with E-state index in [9.17, 15) is 4.39 Å². The molecule has 1 aromatic carbocycles. The van der Waals surface area contributed by atoms with Crippen molar-refractivity contribution in [3.8, 4) is 6.07 Å². The summed E-state index contributed by atoms with van der Waals surface area (Å²) in [6.07, 6.45) is 0. The lowest BCUT2D eigenvalue weighted by molar-refractivity contribution is 0.466. The maximum absolute atomic E-state index is 13.7. The molecule has 0 aliphatic rings. The van der Waals surface area contributed by atoms with Crippen LogP contribution < -0.4 is 5.32 Å². The van der Waals surface area contributed by atoms with Crippen molar-refractivity contribution in [2.75, 3.05) is 5.32 Å². The highest BCUT2D eigenvalue weighted by Crippen LogP contribution is 2.23. The van der Waals surface area contributed by atoms with Gasteiger partial charge in [-0.2, -0.15) is 5.26 Å². The summed E-state index contributed by atoms with van der Waals surface area (Å²) in [5.74, 6) is 1.12. The van der Waals surface area contributed by atoms with Crippen LogP contribution in [0, 0.1) is 24.1 Å². The van der Waals surface area contributed by atoms with Crippen LogP contribution in [0.1, 0.15) is 30.0 Å². The molecule has 0 saturated heterocycles. The number of furan rings is 1. The first kappa shape index (κ1) is 12.2. The number of nitrogens with zero attached hydrogens (tertiary/aromatic N) is 1. The summed E-state index contributed by atoms with van der Waals surface area (Å²) in [5, 5.41) is 11.7. The van der Waals surface area contributed by atoms with Crippen molar-refractivity contribution in [3.63, 3.8) is 0 Å². The van der Waals surface area contributed by atoms with Crippen LogP contribution in [0.5, 0.6) is 0 Å². The van der Waals surface area contributed by atoms with E-state index in [1.54, 1.807) is 12.1 Å². The molecule has 18 heavy (non-hydrogen) atoms. The second-order valence-corrected chi connectivity index (χ2v) is 4.12. The highest BCUT2D eigenvalue weighted by molar-refractivity contribution is 5.49. The molecule has 1 atom stereocenters. The van der Waals surface area contributed by atoms with Crippen LogP contribution in [-0.2, 0) is 0 Å². The molecule has 0 saturated carbocycles. The molecule has 3 nitrogen and oxygen atoms in total. The molecule has 92 valence electrons. The van der Waals surface area contributed by atoms with Gasteiger partial charge in [0, 0.05) is 0 Å². The van der Waals surface area contributed by atoms with Crippen LogP contribution in [0.25, 0.3) is 0 Å². The molecular weight excluding hydrogens is 231 g/mol. The first-order valence-corrected chi connectivity index (χ1v) is 5.62. The Bertz CT molecular complexity index is 598. The third-order valence-corrected chi connectivity index (χ3v) is 2.66. The quantitative estimate of drug-likeness (QED) is 0.894. The van der Waals surface area contributed by atoms with Crippen molar-refractivity contribution in [2.45, 2.75) is 19.9 Å². The summed E-state index contributed by atoms with van der Waals surface area (Å²) < 4.78 is 19.1. The summed E-state index contributed by atoms with van der Waals surface area (Å²) in [6.45, 7) is 3.74. The Labute approximate surface area is 105 Å². The van der Waals surface area contributed by atoms with Gasteiger partial charge in [0.2, 0.25) is 0 Å². The van der Waals surface area contributed by atoms with Crippen molar-refractivity contribution < 1.29 is 8.81 Å². The summed E-state index contributed by atoms with van der Waals surface area (Å²) in [6, 6.07) is 9.82. The largest absolute Gasteiger partial charge is 0.464 e. The van der Waals surface area contributed by atoms with Crippen molar-refractivity contribution in [2.24, 2.45) is 0 Å². The van der Waals surface area contributed by atoms with E-state index in [1.165, 1.54) is 6.07 Å². The van der Waals surface area contributed by atoms with Gasteiger partial charge in [-0.1, -0.05) is 0 Å². The van der Waals surface area contributed by atoms with Crippen LogP contribution >= 0.6 is 0 Å². The predicted molar refractivity (Wildman–Crippen MR) is 66.6 cm³/mol. The van der Waals surface area contributed by atoms with E-state index in [4.69, 9.17) is 9.68 Å². The molecule has 1 N–H and O–H groups in total. The number of hydrogen-bond donors (Lipinski definition) is 1. The number of nitrogens with one attached hydrogen (secondary N) is 1. The zero-order valence-electron chi connectivity index (χ0n) is 10.2. The molecule has 1 aromatic heterocycles. The number of nitriles is 1. The molecule has 0 radical (unpaired) electrons. The van der Waals surface area contributed by atoms with Crippen LogP contribution in [0.4, 0.5) is 10.1 Å². The van der Waals surface area contributed by atoms with Gasteiger partial charge < -0.3 is 9.73 Å². The van der Waals surface area contributed by atoms with Crippen molar-refractivity contribution >= 4 is 5.69 Å².